The lowest BCUT2D eigenvalue weighted by atomic mass is 9.97. The molecule has 0 saturated heterocycles. The molecule has 17 heavy (non-hydrogen) atoms. The lowest BCUT2D eigenvalue weighted by Crippen LogP contribution is -2.46. The van der Waals surface area contributed by atoms with Gasteiger partial charge >= 0.3 is 0 Å². The van der Waals surface area contributed by atoms with Crippen molar-refractivity contribution in [3.05, 3.63) is 0 Å². The summed E-state index contributed by atoms with van der Waals surface area (Å²) in [6.07, 6.45) is 5.00. The minimum absolute atomic E-state index is 0.644. The van der Waals surface area contributed by atoms with Gasteiger partial charge in [0.05, 0.1) is 0 Å². The zero-order valence-electron chi connectivity index (χ0n) is 12.9. The Hall–Kier alpha value is -0.0800. The van der Waals surface area contributed by atoms with Crippen LogP contribution in [0.4, 0.5) is 0 Å². The predicted octanol–water partition coefficient (Wildman–Crippen LogP) is 3.52. The van der Waals surface area contributed by atoms with Crippen LogP contribution in [-0.4, -0.2) is 37.1 Å². The molecule has 0 radical (unpaired) electrons. The zero-order chi connectivity index (χ0) is 13.3. The summed E-state index contributed by atoms with van der Waals surface area (Å²) in [5.41, 5.74) is 0. The van der Waals surface area contributed by atoms with Crippen LogP contribution < -0.4 is 5.32 Å². The molecule has 0 amide bonds. The van der Waals surface area contributed by atoms with E-state index in [1.54, 1.807) is 0 Å². The second kappa shape index (κ2) is 9.90. The molecule has 0 aliphatic heterocycles. The first kappa shape index (κ1) is 16.9. The zero-order valence-corrected chi connectivity index (χ0v) is 12.9. The van der Waals surface area contributed by atoms with Crippen LogP contribution in [0.3, 0.4) is 0 Å². The van der Waals surface area contributed by atoms with Crippen molar-refractivity contribution in [3.63, 3.8) is 0 Å². The first-order valence-electron chi connectivity index (χ1n) is 7.54. The molecular formula is C15H34N2. The maximum Gasteiger partial charge on any atom is 0.0220 e. The molecule has 1 N–H and O–H groups in total. The molecule has 2 atom stereocenters. The van der Waals surface area contributed by atoms with Crippen LogP contribution in [0.15, 0.2) is 0 Å². The third-order valence-electron chi connectivity index (χ3n) is 4.04. The van der Waals surface area contributed by atoms with Gasteiger partial charge in [-0.15, -0.1) is 0 Å². The van der Waals surface area contributed by atoms with E-state index in [1.165, 1.54) is 32.2 Å². The van der Waals surface area contributed by atoms with E-state index in [2.05, 4.69) is 51.9 Å². The van der Waals surface area contributed by atoms with E-state index in [4.69, 9.17) is 0 Å². The third kappa shape index (κ3) is 6.42. The number of likely N-dealkylation sites (N-methyl/N-ethyl adjacent to an activating group) is 1. The molecule has 0 saturated carbocycles. The highest BCUT2D eigenvalue weighted by Gasteiger charge is 2.19. The molecule has 2 nitrogen and oxygen atoms in total. The maximum absolute atomic E-state index is 3.71. The molecule has 0 aliphatic rings. The molecule has 0 heterocycles. The fraction of sp³-hybridized carbons (Fsp3) is 1.00. The average molecular weight is 242 g/mol. The van der Waals surface area contributed by atoms with E-state index in [9.17, 15) is 0 Å². The molecule has 0 bridgehead atoms. The van der Waals surface area contributed by atoms with Gasteiger partial charge in [0.15, 0.2) is 0 Å². The van der Waals surface area contributed by atoms with Crippen LogP contribution in [0.25, 0.3) is 0 Å². The topological polar surface area (TPSA) is 15.3 Å². The SMILES string of the molecule is CCCNC(CN(C)C(CC)CC)C(C)CC. The summed E-state index contributed by atoms with van der Waals surface area (Å²) >= 11 is 0. The first-order chi connectivity index (χ1) is 8.10. The van der Waals surface area contributed by atoms with Gasteiger partial charge in [-0.2, -0.15) is 0 Å². The Morgan fingerprint density at radius 3 is 2.00 bits per heavy atom. The Morgan fingerprint density at radius 1 is 1.00 bits per heavy atom. The summed E-state index contributed by atoms with van der Waals surface area (Å²) in [6, 6.07) is 1.38. The quantitative estimate of drug-likeness (QED) is 0.630. The minimum Gasteiger partial charge on any atom is -0.312 e. The van der Waals surface area contributed by atoms with Crippen molar-refractivity contribution < 1.29 is 0 Å². The highest BCUT2D eigenvalue weighted by Crippen LogP contribution is 2.13. The summed E-state index contributed by atoms with van der Waals surface area (Å²) in [6.45, 7) is 13.8. The summed E-state index contributed by atoms with van der Waals surface area (Å²) < 4.78 is 0. The minimum atomic E-state index is 0.644. The maximum atomic E-state index is 3.71. The predicted molar refractivity (Wildman–Crippen MR) is 78.5 cm³/mol. The third-order valence-corrected chi connectivity index (χ3v) is 4.04. The van der Waals surface area contributed by atoms with Crippen LogP contribution >= 0.6 is 0 Å². The lowest BCUT2D eigenvalue weighted by molar-refractivity contribution is 0.183. The van der Waals surface area contributed by atoms with Crippen LogP contribution in [0.2, 0.25) is 0 Å². The fourth-order valence-electron chi connectivity index (χ4n) is 2.43. The normalized spacial score (nSPS) is 15.5. The summed E-state index contributed by atoms with van der Waals surface area (Å²) in [5, 5.41) is 3.71. The van der Waals surface area contributed by atoms with E-state index < -0.39 is 0 Å². The van der Waals surface area contributed by atoms with Gasteiger partial charge in [-0.25, -0.2) is 0 Å². The van der Waals surface area contributed by atoms with Gasteiger partial charge in [-0.3, -0.25) is 0 Å². The highest BCUT2D eigenvalue weighted by atomic mass is 15.2. The molecular weight excluding hydrogens is 208 g/mol. The van der Waals surface area contributed by atoms with Crippen LogP contribution in [0, 0.1) is 5.92 Å². The summed E-state index contributed by atoms with van der Waals surface area (Å²) in [5.74, 6) is 0.762. The van der Waals surface area contributed by atoms with Crippen molar-refractivity contribution in [2.45, 2.75) is 72.4 Å². The monoisotopic (exact) mass is 242 g/mol. The van der Waals surface area contributed by atoms with Crippen LogP contribution in [0.1, 0.15) is 60.3 Å². The van der Waals surface area contributed by atoms with Gasteiger partial charge in [0.1, 0.15) is 0 Å². The largest absolute Gasteiger partial charge is 0.312 e. The van der Waals surface area contributed by atoms with Gasteiger partial charge in [0, 0.05) is 18.6 Å². The fourth-order valence-corrected chi connectivity index (χ4v) is 2.43. The Kier molecular flexibility index (Phi) is 9.85. The van der Waals surface area contributed by atoms with E-state index in [0.29, 0.717) is 6.04 Å². The molecule has 0 aliphatic carbocycles. The molecule has 0 rings (SSSR count). The molecule has 0 aromatic carbocycles. The Bertz CT molecular complexity index is 166. The van der Waals surface area contributed by atoms with Crippen LogP contribution in [-0.2, 0) is 0 Å². The number of hydrogen-bond donors (Lipinski definition) is 1. The standard InChI is InChI=1S/C15H34N2/c1-7-11-16-15(13(5)8-2)12-17(6)14(9-3)10-4/h13-16H,7-12H2,1-6H3. The Balaban J connectivity index is 4.29. The second-order valence-electron chi connectivity index (χ2n) is 5.36. The number of rotatable bonds is 10. The molecule has 0 spiro atoms. The molecule has 2 heteroatoms. The van der Waals surface area contributed by atoms with Gasteiger partial charge in [0.25, 0.3) is 0 Å². The lowest BCUT2D eigenvalue weighted by Gasteiger charge is -2.33. The molecule has 104 valence electrons. The van der Waals surface area contributed by atoms with Crippen LogP contribution in [0.5, 0.6) is 0 Å². The molecule has 0 fully saturated rings. The van der Waals surface area contributed by atoms with E-state index in [1.807, 2.05) is 0 Å². The van der Waals surface area contributed by atoms with Gasteiger partial charge in [-0.05, 0) is 38.8 Å². The van der Waals surface area contributed by atoms with Crippen molar-refractivity contribution in [2.24, 2.45) is 5.92 Å². The summed E-state index contributed by atoms with van der Waals surface area (Å²) in [4.78, 5) is 2.54. The van der Waals surface area contributed by atoms with E-state index in [-0.39, 0.29) is 0 Å². The summed E-state index contributed by atoms with van der Waals surface area (Å²) in [7, 11) is 2.28. The number of nitrogens with one attached hydrogen (secondary N) is 1. The van der Waals surface area contributed by atoms with Gasteiger partial charge in [-0.1, -0.05) is 41.0 Å². The van der Waals surface area contributed by atoms with E-state index in [0.717, 1.165) is 18.5 Å². The second-order valence-corrected chi connectivity index (χ2v) is 5.36. The van der Waals surface area contributed by atoms with Crippen molar-refractivity contribution in [3.8, 4) is 0 Å². The average Bonchev–Trinajstić information content (AvgIpc) is 2.34. The molecule has 2 unspecified atom stereocenters. The Morgan fingerprint density at radius 2 is 1.59 bits per heavy atom. The number of hydrogen-bond acceptors (Lipinski definition) is 2. The van der Waals surface area contributed by atoms with Crippen molar-refractivity contribution in [1.29, 1.82) is 0 Å². The van der Waals surface area contributed by atoms with Gasteiger partial charge < -0.3 is 10.2 Å². The highest BCUT2D eigenvalue weighted by molar-refractivity contribution is 4.78. The molecule has 0 aromatic rings. The number of nitrogens with zero attached hydrogens (tertiary/aromatic N) is 1. The smallest absolute Gasteiger partial charge is 0.0220 e. The molecule has 0 aromatic heterocycles. The van der Waals surface area contributed by atoms with Crippen molar-refractivity contribution >= 4 is 0 Å². The van der Waals surface area contributed by atoms with Crippen molar-refractivity contribution in [2.75, 3.05) is 20.1 Å². The first-order valence-corrected chi connectivity index (χ1v) is 7.54. The Labute approximate surface area is 109 Å². The van der Waals surface area contributed by atoms with E-state index >= 15 is 0 Å². The van der Waals surface area contributed by atoms with Gasteiger partial charge in [0.2, 0.25) is 0 Å². The van der Waals surface area contributed by atoms with Crippen molar-refractivity contribution in [1.82, 2.24) is 10.2 Å².